The van der Waals surface area contributed by atoms with Gasteiger partial charge in [-0.25, -0.2) is 8.42 Å². The van der Waals surface area contributed by atoms with Crippen molar-refractivity contribution < 1.29 is 13.2 Å². The van der Waals surface area contributed by atoms with Crippen molar-refractivity contribution in [2.75, 3.05) is 6.26 Å². The summed E-state index contributed by atoms with van der Waals surface area (Å²) in [5.41, 5.74) is 6.15. The first-order valence-electron chi connectivity index (χ1n) is 5.62. The number of benzene rings is 2. The van der Waals surface area contributed by atoms with Crippen LogP contribution in [0.4, 0.5) is 0 Å². The lowest BCUT2D eigenvalue weighted by Gasteiger charge is -2.12. The Morgan fingerprint density at radius 2 is 1.85 bits per heavy atom. The summed E-state index contributed by atoms with van der Waals surface area (Å²) in [6.07, 6.45) is 1.10. The predicted molar refractivity (Wildman–Crippen MR) is 77.4 cm³/mol. The summed E-state index contributed by atoms with van der Waals surface area (Å²) in [5, 5.41) is 0.0679. The zero-order valence-electron chi connectivity index (χ0n) is 10.6. The molecule has 2 rings (SSSR count). The highest BCUT2D eigenvalue weighted by atomic mass is 35.5. The fraction of sp³-hybridized carbons (Fsp3) is 0.0714. The molecule has 0 heterocycles. The van der Waals surface area contributed by atoms with Gasteiger partial charge in [0.2, 0.25) is 0 Å². The number of carbonyl (C=O) groups excluding carboxylic acids is 1. The van der Waals surface area contributed by atoms with Gasteiger partial charge in [0.1, 0.15) is 0 Å². The molecule has 0 aliphatic carbocycles. The summed E-state index contributed by atoms with van der Waals surface area (Å²) in [5.74, 6) is -0.731. The minimum absolute atomic E-state index is 0.0604. The van der Waals surface area contributed by atoms with E-state index in [1.54, 1.807) is 24.3 Å². The number of amides is 1. The molecule has 0 bridgehead atoms. The largest absolute Gasteiger partial charge is 0.366 e. The van der Waals surface area contributed by atoms with Crippen molar-refractivity contribution in [2.45, 2.75) is 4.90 Å². The Labute approximate surface area is 122 Å². The Hall–Kier alpha value is -1.85. The fourth-order valence-electron chi connectivity index (χ4n) is 1.95. The summed E-state index contributed by atoms with van der Waals surface area (Å²) in [4.78, 5) is 11.7. The Kier molecular flexibility index (Phi) is 3.83. The molecule has 6 heteroatoms. The first kappa shape index (κ1) is 14.6. The van der Waals surface area contributed by atoms with Crippen molar-refractivity contribution in [1.82, 2.24) is 0 Å². The van der Waals surface area contributed by atoms with Gasteiger partial charge >= 0.3 is 0 Å². The van der Waals surface area contributed by atoms with Gasteiger partial charge < -0.3 is 5.73 Å². The number of rotatable bonds is 3. The maximum absolute atomic E-state index is 11.8. The highest BCUT2D eigenvalue weighted by Gasteiger charge is 2.19. The summed E-state index contributed by atoms with van der Waals surface area (Å²) < 4.78 is 23.7. The molecule has 2 N–H and O–H groups in total. The van der Waals surface area contributed by atoms with Crippen LogP contribution in [-0.4, -0.2) is 20.6 Å². The van der Waals surface area contributed by atoms with Crippen LogP contribution in [0, 0.1) is 6.07 Å². The minimum atomic E-state index is -3.44. The fourth-order valence-corrected chi connectivity index (χ4v) is 3.11. The second kappa shape index (κ2) is 5.26. The van der Waals surface area contributed by atoms with Gasteiger partial charge in [-0.15, -0.1) is 0 Å². The van der Waals surface area contributed by atoms with E-state index >= 15 is 0 Å². The SMILES string of the molecule is CS(=O)(=O)c1ccccc1-c1cc[c]c(Cl)c1C(N)=O. The summed E-state index contributed by atoms with van der Waals surface area (Å²) >= 11 is 5.94. The van der Waals surface area contributed by atoms with Gasteiger partial charge in [0.15, 0.2) is 9.84 Å². The molecule has 0 saturated carbocycles. The lowest BCUT2D eigenvalue weighted by Crippen LogP contribution is -2.14. The second-order valence-corrected chi connectivity index (χ2v) is 6.58. The molecule has 0 aromatic heterocycles. The van der Waals surface area contributed by atoms with E-state index in [9.17, 15) is 13.2 Å². The summed E-state index contributed by atoms with van der Waals surface area (Å²) in [7, 11) is -3.44. The highest BCUT2D eigenvalue weighted by molar-refractivity contribution is 7.90. The van der Waals surface area contributed by atoms with Crippen LogP contribution >= 0.6 is 11.6 Å². The molecule has 1 radical (unpaired) electrons. The van der Waals surface area contributed by atoms with Crippen LogP contribution in [0.15, 0.2) is 41.3 Å². The third kappa shape index (κ3) is 2.69. The molecular formula is C14H11ClNO3S. The van der Waals surface area contributed by atoms with Crippen LogP contribution in [-0.2, 0) is 9.84 Å². The van der Waals surface area contributed by atoms with Crippen molar-refractivity contribution in [2.24, 2.45) is 5.73 Å². The molecule has 0 unspecified atom stereocenters. The van der Waals surface area contributed by atoms with E-state index in [0.717, 1.165) is 6.26 Å². The molecule has 2 aromatic carbocycles. The predicted octanol–water partition coefficient (Wildman–Crippen LogP) is 2.31. The molecule has 20 heavy (non-hydrogen) atoms. The topological polar surface area (TPSA) is 77.2 Å². The third-order valence-electron chi connectivity index (χ3n) is 2.77. The maximum Gasteiger partial charge on any atom is 0.250 e. The zero-order chi connectivity index (χ0) is 14.9. The van der Waals surface area contributed by atoms with Gasteiger partial charge in [0, 0.05) is 17.9 Å². The Balaban J connectivity index is 2.84. The van der Waals surface area contributed by atoms with Crippen molar-refractivity contribution in [3.8, 4) is 11.1 Å². The van der Waals surface area contributed by atoms with Crippen molar-refractivity contribution in [3.63, 3.8) is 0 Å². The van der Waals surface area contributed by atoms with E-state index in [0.29, 0.717) is 11.1 Å². The van der Waals surface area contributed by atoms with Gasteiger partial charge in [-0.05, 0) is 11.6 Å². The average Bonchev–Trinajstić information content (AvgIpc) is 2.37. The van der Waals surface area contributed by atoms with Crippen LogP contribution in [0.25, 0.3) is 11.1 Å². The summed E-state index contributed by atoms with van der Waals surface area (Å²) in [6.45, 7) is 0. The van der Waals surface area contributed by atoms with Crippen molar-refractivity contribution in [3.05, 3.63) is 53.1 Å². The van der Waals surface area contributed by atoms with Gasteiger partial charge in [0.05, 0.1) is 15.5 Å². The number of carbonyl (C=O) groups is 1. The Morgan fingerprint density at radius 3 is 2.45 bits per heavy atom. The average molecular weight is 309 g/mol. The van der Waals surface area contributed by atoms with E-state index < -0.39 is 15.7 Å². The van der Waals surface area contributed by atoms with E-state index in [1.807, 2.05) is 0 Å². The Morgan fingerprint density at radius 1 is 1.20 bits per heavy atom. The van der Waals surface area contributed by atoms with Gasteiger partial charge in [-0.1, -0.05) is 41.9 Å². The molecule has 0 spiro atoms. The van der Waals surface area contributed by atoms with Crippen LogP contribution < -0.4 is 5.73 Å². The van der Waals surface area contributed by atoms with Crippen LogP contribution in [0.5, 0.6) is 0 Å². The number of primary amides is 1. The lowest BCUT2D eigenvalue weighted by molar-refractivity contribution is 0.100. The number of hydrogen-bond acceptors (Lipinski definition) is 3. The first-order chi connectivity index (χ1) is 9.32. The molecule has 0 aliphatic rings. The number of sulfone groups is 1. The lowest BCUT2D eigenvalue weighted by atomic mass is 9.99. The number of nitrogens with two attached hydrogens (primary N) is 1. The normalized spacial score (nSPS) is 11.3. The molecule has 4 nitrogen and oxygen atoms in total. The molecule has 0 saturated heterocycles. The van der Waals surface area contributed by atoms with E-state index in [4.69, 9.17) is 17.3 Å². The molecule has 0 atom stereocenters. The smallest absolute Gasteiger partial charge is 0.250 e. The van der Waals surface area contributed by atoms with E-state index in [2.05, 4.69) is 6.07 Å². The van der Waals surface area contributed by atoms with Gasteiger partial charge in [-0.2, -0.15) is 0 Å². The quantitative estimate of drug-likeness (QED) is 0.945. The van der Waals surface area contributed by atoms with Gasteiger partial charge in [-0.3, -0.25) is 4.79 Å². The molecule has 0 fully saturated rings. The van der Waals surface area contributed by atoms with E-state index in [1.165, 1.54) is 12.1 Å². The second-order valence-electron chi connectivity index (χ2n) is 4.21. The highest BCUT2D eigenvalue weighted by Crippen LogP contribution is 2.32. The third-order valence-corrected chi connectivity index (χ3v) is 4.23. The van der Waals surface area contributed by atoms with E-state index in [-0.39, 0.29) is 15.5 Å². The van der Waals surface area contributed by atoms with Crippen LogP contribution in [0.3, 0.4) is 0 Å². The minimum Gasteiger partial charge on any atom is -0.366 e. The van der Waals surface area contributed by atoms with Crippen LogP contribution in [0.2, 0.25) is 5.02 Å². The maximum atomic E-state index is 11.8. The molecule has 2 aromatic rings. The monoisotopic (exact) mass is 308 g/mol. The molecule has 1 amide bonds. The summed E-state index contributed by atoms with van der Waals surface area (Å²) in [6, 6.07) is 12.1. The van der Waals surface area contributed by atoms with Crippen LogP contribution in [0.1, 0.15) is 10.4 Å². The Bertz CT molecular complexity index is 785. The number of hydrogen-bond donors (Lipinski definition) is 1. The standard InChI is InChI=1S/C14H11ClNO3S/c1-20(18,19)12-8-3-2-5-9(12)10-6-4-7-11(15)13(10)14(16)17/h2-6,8H,1H3,(H2,16,17). The first-order valence-corrected chi connectivity index (χ1v) is 7.88. The molecule has 0 aliphatic heterocycles. The van der Waals surface area contributed by atoms with Crippen molar-refractivity contribution in [1.29, 1.82) is 0 Å². The zero-order valence-corrected chi connectivity index (χ0v) is 12.1. The van der Waals surface area contributed by atoms with Gasteiger partial charge in [0.25, 0.3) is 5.91 Å². The van der Waals surface area contributed by atoms with Crippen molar-refractivity contribution >= 4 is 27.3 Å². The molecule has 103 valence electrons. The molecular weight excluding hydrogens is 298 g/mol. The number of halogens is 1.